The van der Waals surface area contributed by atoms with Gasteiger partial charge in [0.2, 0.25) is 0 Å². The monoisotopic (exact) mass is 963 g/mol. The Morgan fingerprint density at radius 1 is 0.290 bits per heavy atom. The topological polar surface area (TPSA) is 78.9 Å². The zero-order valence-electron chi connectivity index (χ0n) is 45.6. The highest BCUT2D eigenvalue weighted by atomic mass is 16.6. The zero-order chi connectivity index (χ0) is 50.0. The fraction of sp³-hybridized carbons (Fsp3) is 0.762. The molecule has 0 heterocycles. The van der Waals surface area contributed by atoms with E-state index < -0.39 is 6.10 Å². The second kappa shape index (κ2) is 57.4. The molecule has 0 N–H and O–H groups in total. The molecule has 0 aromatic carbocycles. The van der Waals surface area contributed by atoms with E-state index >= 15 is 0 Å². The van der Waals surface area contributed by atoms with Gasteiger partial charge in [0.05, 0.1) is 0 Å². The minimum absolute atomic E-state index is 0.0810. The first kappa shape index (κ1) is 65.8. The number of esters is 3. The number of rotatable bonds is 53. The van der Waals surface area contributed by atoms with E-state index in [-0.39, 0.29) is 31.1 Å². The molecule has 0 saturated carbocycles. The van der Waals surface area contributed by atoms with Crippen molar-refractivity contribution in [3.63, 3.8) is 0 Å². The average molecular weight is 964 g/mol. The Kier molecular flexibility index (Phi) is 54.8. The van der Waals surface area contributed by atoms with Crippen molar-refractivity contribution < 1.29 is 28.6 Å². The second-order valence-corrected chi connectivity index (χ2v) is 19.6. The second-order valence-electron chi connectivity index (χ2n) is 19.6. The first-order valence-electron chi connectivity index (χ1n) is 29.4. The van der Waals surface area contributed by atoms with Gasteiger partial charge in [-0.2, -0.15) is 0 Å². The van der Waals surface area contributed by atoms with Gasteiger partial charge in [0.15, 0.2) is 6.10 Å². The summed E-state index contributed by atoms with van der Waals surface area (Å²) in [6.07, 6.45) is 73.7. The molecule has 1 atom stereocenters. The van der Waals surface area contributed by atoms with E-state index in [0.29, 0.717) is 19.3 Å². The van der Waals surface area contributed by atoms with Crippen LogP contribution in [-0.4, -0.2) is 37.2 Å². The highest BCUT2D eigenvalue weighted by Gasteiger charge is 2.19. The SMILES string of the molecule is CCCCC/C=C\C/C=C\C/C=C\CCCCCCCCC(=O)OC(COC(=O)CCCCCCC)COC(=O)CCCCCCCCCCCCCC/C=C\C/C=C\C/C=C\CCCCCCC. The lowest BCUT2D eigenvalue weighted by molar-refractivity contribution is -0.167. The van der Waals surface area contributed by atoms with Crippen molar-refractivity contribution in [1.29, 1.82) is 0 Å². The molecule has 0 bridgehead atoms. The van der Waals surface area contributed by atoms with E-state index in [1.165, 1.54) is 148 Å². The van der Waals surface area contributed by atoms with Gasteiger partial charge in [0.1, 0.15) is 13.2 Å². The van der Waals surface area contributed by atoms with Gasteiger partial charge in [-0.15, -0.1) is 0 Å². The minimum Gasteiger partial charge on any atom is -0.462 e. The van der Waals surface area contributed by atoms with Gasteiger partial charge in [-0.25, -0.2) is 0 Å². The van der Waals surface area contributed by atoms with Crippen molar-refractivity contribution in [3.05, 3.63) is 72.9 Å². The Balaban J connectivity index is 4.08. The summed E-state index contributed by atoms with van der Waals surface area (Å²) >= 11 is 0. The van der Waals surface area contributed by atoms with Gasteiger partial charge >= 0.3 is 17.9 Å². The van der Waals surface area contributed by atoms with Crippen molar-refractivity contribution in [3.8, 4) is 0 Å². The molecule has 0 aliphatic heterocycles. The number of hydrogen-bond donors (Lipinski definition) is 0. The third-order valence-electron chi connectivity index (χ3n) is 12.7. The molecule has 0 rings (SSSR count). The van der Waals surface area contributed by atoms with Crippen LogP contribution < -0.4 is 0 Å². The molecule has 0 aliphatic carbocycles. The van der Waals surface area contributed by atoms with Crippen molar-refractivity contribution in [2.75, 3.05) is 13.2 Å². The summed E-state index contributed by atoms with van der Waals surface area (Å²) in [5, 5.41) is 0. The Morgan fingerprint density at radius 2 is 0.522 bits per heavy atom. The van der Waals surface area contributed by atoms with E-state index in [2.05, 4.69) is 93.7 Å². The number of carbonyl (C=O) groups excluding carboxylic acids is 3. The number of carbonyl (C=O) groups is 3. The maximum Gasteiger partial charge on any atom is 0.306 e. The molecule has 0 amide bonds. The highest BCUT2D eigenvalue weighted by molar-refractivity contribution is 5.71. The summed E-state index contributed by atoms with van der Waals surface area (Å²) in [6, 6.07) is 0. The van der Waals surface area contributed by atoms with Crippen LogP contribution in [0.2, 0.25) is 0 Å². The van der Waals surface area contributed by atoms with Crippen LogP contribution in [0.15, 0.2) is 72.9 Å². The average Bonchev–Trinajstić information content (AvgIpc) is 3.35. The molecular weight excluding hydrogens is 853 g/mol. The van der Waals surface area contributed by atoms with Gasteiger partial charge < -0.3 is 14.2 Å². The Labute approximate surface area is 427 Å². The Morgan fingerprint density at radius 3 is 0.841 bits per heavy atom. The van der Waals surface area contributed by atoms with Gasteiger partial charge in [0, 0.05) is 19.3 Å². The third-order valence-corrected chi connectivity index (χ3v) is 12.7. The van der Waals surface area contributed by atoms with Crippen LogP contribution in [0.25, 0.3) is 0 Å². The predicted octanol–water partition coefficient (Wildman–Crippen LogP) is 19.8. The molecule has 0 radical (unpaired) electrons. The van der Waals surface area contributed by atoms with E-state index in [4.69, 9.17) is 14.2 Å². The lowest BCUT2D eigenvalue weighted by atomic mass is 10.0. The molecule has 69 heavy (non-hydrogen) atoms. The van der Waals surface area contributed by atoms with Gasteiger partial charge in [0.25, 0.3) is 0 Å². The molecule has 1 unspecified atom stereocenters. The van der Waals surface area contributed by atoms with Gasteiger partial charge in [-0.05, 0) is 96.3 Å². The molecule has 398 valence electrons. The van der Waals surface area contributed by atoms with Crippen LogP contribution in [0.5, 0.6) is 0 Å². The molecule has 0 aromatic rings. The van der Waals surface area contributed by atoms with Crippen LogP contribution in [0, 0.1) is 0 Å². The number of allylic oxidation sites excluding steroid dienone is 12. The largest absolute Gasteiger partial charge is 0.462 e. The molecule has 0 aliphatic rings. The number of unbranched alkanes of at least 4 members (excludes halogenated alkanes) is 30. The molecule has 0 fully saturated rings. The van der Waals surface area contributed by atoms with E-state index in [0.717, 1.165) is 103 Å². The maximum absolute atomic E-state index is 12.8. The van der Waals surface area contributed by atoms with Crippen LogP contribution in [0.3, 0.4) is 0 Å². The van der Waals surface area contributed by atoms with Gasteiger partial charge in [-0.1, -0.05) is 248 Å². The fourth-order valence-corrected chi connectivity index (χ4v) is 8.22. The van der Waals surface area contributed by atoms with E-state index in [9.17, 15) is 14.4 Å². The maximum atomic E-state index is 12.8. The summed E-state index contributed by atoms with van der Waals surface area (Å²) < 4.78 is 16.7. The summed E-state index contributed by atoms with van der Waals surface area (Å²) in [7, 11) is 0. The van der Waals surface area contributed by atoms with Crippen molar-refractivity contribution in [2.45, 2.75) is 297 Å². The van der Waals surface area contributed by atoms with Gasteiger partial charge in [-0.3, -0.25) is 14.4 Å². The Bertz CT molecular complexity index is 1290. The molecule has 0 saturated heterocycles. The van der Waals surface area contributed by atoms with Crippen molar-refractivity contribution in [2.24, 2.45) is 0 Å². The molecule has 6 heteroatoms. The molecule has 6 nitrogen and oxygen atoms in total. The molecular formula is C63H110O6. The smallest absolute Gasteiger partial charge is 0.306 e. The minimum atomic E-state index is -0.779. The summed E-state index contributed by atoms with van der Waals surface area (Å²) in [4.78, 5) is 37.8. The van der Waals surface area contributed by atoms with E-state index in [1.807, 2.05) is 0 Å². The van der Waals surface area contributed by atoms with Crippen molar-refractivity contribution in [1.82, 2.24) is 0 Å². The zero-order valence-corrected chi connectivity index (χ0v) is 45.6. The van der Waals surface area contributed by atoms with Crippen molar-refractivity contribution >= 4 is 17.9 Å². The molecule has 0 spiro atoms. The third kappa shape index (κ3) is 55.6. The summed E-state index contributed by atoms with van der Waals surface area (Å²) in [5.41, 5.74) is 0. The predicted molar refractivity (Wildman–Crippen MR) is 298 cm³/mol. The standard InChI is InChI=1S/C63H110O6/c1-4-7-10-13-15-17-19-21-23-25-27-28-29-30-31-32-33-34-36-37-39-41-43-45-47-50-53-56-62(65)68-59-60(58-67-61(64)55-52-49-12-9-6-3)69-63(66)57-54-51-48-46-44-42-40-38-35-26-24-22-20-18-16-14-11-8-5-2/h16,18-19,21-22,24-25,27,29-30,35,38,60H,4-15,17,20,23,26,28,31-34,36-37,39-59H2,1-3H3/b18-16-,21-19-,24-22-,27-25-,30-29-,38-35-. The lowest BCUT2D eigenvalue weighted by Crippen LogP contribution is -2.30. The first-order chi connectivity index (χ1) is 34.0. The first-order valence-corrected chi connectivity index (χ1v) is 29.4. The van der Waals surface area contributed by atoms with Crippen LogP contribution in [-0.2, 0) is 28.6 Å². The summed E-state index contributed by atoms with van der Waals surface area (Å²) in [6.45, 7) is 6.52. The quantitative estimate of drug-likeness (QED) is 0.0262. The number of hydrogen-bond acceptors (Lipinski definition) is 6. The van der Waals surface area contributed by atoms with Crippen LogP contribution in [0.1, 0.15) is 290 Å². The highest BCUT2D eigenvalue weighted by Crippen LogP contribution is 2.15. The molecule has 0 aromatic heterocycles. The summed E-state index contributed by atoms with van der Waals surface area (Å²) in [5.74, 6) is -0.903. The lowest BCUT2D eigenvalue weighted by Gasteiger charge is -2.18. The number of ether oxygens (including phenoxy) is 3. The Hall–Kier alpha value is -3.15. The van der Waals surface area contributed by atoms with Crippen LogP contribution in [0.4, 0.5) is 0 Å². The van der Waals surface area contributed by atoms with Crippen LogP contribution >= 0.6 is 0 Å². The van der Waals surface area contributed by atoms with E-state index in [1.54, 1.807) is 0 Å². The fourth-order valence-electron chi connectivity index (χ4n) is 8.22. The normalized spacial score (nSPS) is 12.6.